The molecule has 2 amide bonds. The summed E-state index contributed by atoms with van der Waals surface area (Å²) in [7, 11) is 0. The van der Waals surface area contributed by atoms with Crippen molar-refractivity contribution in [2.75, 3.05) is 17.2 Å². The first-order valence-electron chi connectivity index (χ1n) is 7.61. The van der Waals surface area contributed by atoms with E-state index in [-0.39, 0.29) is 12.5 Å². The van der Waals surface area contributed by atoms with E-state index in [2.05, 4.69) is 20.7 Å². The quantitative estimate of drug-likeness (QED) is 0.614. The second-order valence-corrected chi connectivity index (χ2v) is 5.75. The lowest BCUT2D eigenvalue weighted by atomic mass is 10.1. The molecule has 0 atom stereocenters. The average molecular weight is 371 g/mol. The predicted molar refractivity (Wildman–Crippen MR) is 98.4 cm³/mol. The summed E-state index contributed by atoms with van der Waals surface area (Å²) in [5, 5.41) is 10.2. The van der Waals surface area contributed by atoms with E-state index in [4.69, 9.17) is 17.3 Å². The summed E-state index contributed by atoms with van der Waals surface area (Å²) < 4.78 is 1.52. The van der Waals surface area contributed by atoms with Crippen LogP contribution in [-0.2, 0) is 4.79 Å². The van der Waals surface area contributed by atoms with E-state index in [1.165, 1.54) is 17.3 Å². The zero-order valence-electron chi connectivity index (χ0n) is 13.5. The van der Waals surface area contributed by atoms with E-state index < -0.39 is 5.91 Å². The third kappa shape index (κ3) is 3.98. The molecule has 0 spiro atoms. The SMILES string of the molecule is NC(=O)c1ccccc1NCC(=O)Nc1cc(Cl)ccc1-n1cncn1. The van der Waals surface area contributed by atoms with E-state index in [1.54, 1.807) is 42.5 Å². The van der Waals surface area contributed by atoms with Gasteiger partial charge in [-0.15, -0.1) is 0 Å². The van der Waals surface area contributed by atoms with Gasteiger partial charge in [-0.2, -0.15) is 5.10 Å². The highest BCUT2D eigenvalue weighted by Crippen LogP contribution is 2.24. The van der Waals surface area contributed by atoms with Gasteiger partial charge < -0.3 is 16.4 Å². The third-order valence-electron chi connectivity index (χ3n) is 3.53. The number of primary amides is 1. The number of para-hydroxylation sites is 1. The second-order valence-electron chi connectivity index (χ2n) is 5.31. The number of nitrogens with two attached hydrogens (primary N) is 1. The summed E-state index contributed by atoms with van der Waals surface area (Å²) in [5.74, 6) is -0.898. The Hall–Kier alpha value is -3.39. The van der Waals surface area contributed by atoms with Crippen molar-refractivity contribution in [3.8, 4) is 5.69 Å². The van der Waals surface area contributed by atoms with Crippen LogP contribution >= 0.6 is 11.6 Å². The largest absolute Gasteiger partial charge is 0.376 e. The lowest BCUT2D eigenvalue weighted by Gasteiger charge is -2.13. The Morgan fingerprint density at radius 1 is 1.15 bits per heavy atom. The number of aromatic nitrogens is 3. The van der Waals surface area contributed by atoms with Crippen molar-refractivity contribution < 1.29 is 9.59 Å². The smallest absolute Gasteiger partial charge is 0.250 e. The van der Waals surface area contributed by atoms with Crippen LogP contribution in [0.5, 0.6) is 0 Å². The van der Waals surface area contributed by atoms with Gasteiger partial charge in [0.2, 0.25) is 5.91 Å². The van der Waals surface area contributed by atoms with Crippen LogP contribution < -0.4 is 16.4 Å². The number of nitrogens with zero attached hydrogens (tertiary/aromatic N) is 3. The van der Waals surface area contributed by atoms with Crippen LogP contribution in [0, 0.1) is 0 Å². The summed E-state index contributed by atoms with van der Waals surface area (Å²) >= 11 is 6.03. The Kier molecular flexibility index (Phi) is 5.14. The third-order valence-corrected chi connectivity index (χ3v) is 3.77. The van der Waals surface area contributed by atoms with Crippen molar-refractivity contribution in [2.24, 2.45) is 5.73 Å². The normalized spacial score (nSPS) is 10.3. The summed E-state index contributed by atoms with van der Waals surface area (Å²) in [6.07, 6.45) is 2.91. The number of anilines is 2. The molecule has 0 radical (unpaired) electrons. The number of carbonyl (C=O) groups excluding carboxylic acids is 2. The van der Waals surface area contributed by atoms with Crippen molar-refractivity contribution in [2.45, 2.75) is 0 Å². The number of carbonyl (C=O) groups is 2. The number of hydrogen-bond acceptors (Lipinski definition) is 5. The van der Waals surface area contributed by atoms with Gasteiger partial charge in [0.1, 0.15) is 12.7 Å². The Labute approximate surface area is 154 Å². The molecule has 3 rings (SSSR count). The highest BCUT2D eigenvalue weighted by molar-refractivity contribution is 6.31. The fraction of sp³-hybridized carbons (Fsp3) is 0.0588. The van der Waals surface area contributed by atoms with E-state index in [0.717, 1.165) is 0 Å². The van der Waals surface area contributed by atoms with Crippen LogP contribution in [0.25, 0.3) is 5.69 Å². The van der Waals surface area contributed by atoms with Gasteiger partial charge in [0.25, 0.3) is 5.91 Å². The van der Waals surface area contributed by atoms with Crippen molar-refractivity contribution in [3.05, 3.63) is 65.7 Å². The van der Waals surface area contributed by atoms with Gasteiger partial charge >= 0.3 is 0 Å². The van der Waals surface area contributed by atoms with Crippen molar-refractivity contribution >= 4 is 34.8 Å². The van der Waals surface area contributed by atoms with E-state index in [1.807, 2.05) is 0 Å². The number of hydrogen-bond donors (Lipinski definition) is 3. The van der Waals surface area contributed by atoms with Crippen LogP contribution in [0.15, 0.2) is 55.1 Å². The van der Waals surface area contributed by atoms with Crippen molar-refractivity contribution in [1.29, 1.82) is 0 Å². The van der Waals surface area contributed by atoms with Crippen molar-refractivity contribution in [3.63, 3.8) is 0 Å². The molecule has 0 unspecified atom stereocenters. The molecule has 0 aliphatic rings. The first-order valence-corrected chi connectivity index (χ1v) is 7.99. The minimum atomic E-state index is -0.572. The summed E-state index contributed by atoms with van der Waals surface area (Å²) in [6.45, 7) is -0.0619. The maximum Gasteiger partial charge on any atom is 0.250 e. The molecule has 4 N–H and O–H groups in total. The molecule has 3 aromatic rings. The number of halogens is 1. The molecule has 8 nitrogen and oxygen atoms in total. The number of rotatable bonds is 6. The second kappa shape index (κ2) is 7.66. The Morgan fingerprint density at radius 2 is 1.96 bits per heavy atom. The van der Waals surface area contributed by atoms with Gasteiger partial charge in [-0.1, -0.05) is 23.7 Å². The average Bonchev–Trinajstić information content (AvgIpc) is 3.14. The topological polar surface area (TPSA) is 115 Å². The minimum absolute atomic E-state index is 0.0619. The first-order chi connectivity index (χ1) is 12.5. The maximum absolute atomic E-state index is 12.3. The lowest BCUT2D eigenvalue weighted by molar-refractivity contribution is -0.114. The highest BCUT2D eigenvalue weighted by Gasteiger charge is 2.12. The van der Waals surface area contributed by atoms with Crippen LogP contribution in [-0.4, -0.2) is 33.1 Å². The molecular weight excluding hydrogens is 356 g/mol. The summed E-state index contributed by atoms with van der Waals surface area (Å²) in [4.78, 5) is 27.6. The molecule has 1 aromatic heterocycles. The molecule has 132 valence electrons. The van der Waals surface area contributed by atoms with Crippen LogP contribution in [0.3, 0.4) is 0 Å². The van der Waals surface area contributed by atoms with Gasteiger partial charge in [-0.25, -0.2) is 9.67 Å². The number of benzene rings is 2. The molecule has 1 heterocycles. The fourth-order valence-electron chi connectivity index (χ4n) is 2.36. The van der Waals surface area contributed by atoms with Gasteiger partial charge in [0, 0.05) is 10.7 Å². The number of amides is 2. The zero-order valence-corrected chi connectivity index (χ0v) is 14.3. The summed E-state index contributed by atoms with van der Waals surface area (Å²) in [5.41, 5.74) is 7.23. The predicted octanol–water partition coefficient (Wildman–Crippen LogP) is 2.07. The van der Waals surface area contributed by atoms with E-state index in [0.29, 0.717) is 27.6 Å². The van der Waals surface area contributed by atoms with E-state index in [9.17, 15) is 9.59 Å². The molecule has 2 aromatic carbocycles. The molecule has 0 bridgehead atoms. The van der Waals surface area contributed by atoms with Gasteiger partial charge in [-0.05, 0) is 30.3 Å². The first kappa shape index (κ1) is 17.4. The van der Waals surface area contributed by atoms with Gasteiger partial charge in [0.15, 0.2) is 0 Å². The monoisotopic (exact) mass is 370 g/mol. The zero-order chi connectivity index (χ0) is 18.5. The molecule has 9 heteroatoms. The Balaban J connectivity index is 1.73. The number of nitrogens with one attached hydrogen (secondary N) is 2. The van der Waals surface area contributed by atoms with Crippen molar-refractivity contribution in [1.82, 2.24) is 14.8 Å². The maximum atomic E-state index is 12.3. The van der Waals surface area contributed by atoms with Crippen LogP contribution in [0.4, 0.5) is 11.4 Å². The van der Waals surface area contributed by atoms with E-state index >= 15 is 0 Å². The van der Waals surface area contributed by atoms with Crippen LogP contribution in [0.2, 0.25) is 5.02 Å². The molecule has 26 heavy (non-hydrogen) atoms. The molecule has 0 aliphatic heterocycles. The molecular formula is C17H15ClN6O2. The lowest BCUT2D eigenvalue weighted by Crippen LogP contribution is -2.24. The van der Waals surface area contributed by atoms with Gasteiger partial charge in [-0.3, -0.25) is 9.59 Å². The van der Waals surface area contributed by atoms with Crippen LogP contribution in [0.1, 0.15) is 10.4 Å². The fourth-order valence-corrected chi connectivity index (χ4v) is 2.53. The standard InChI is InChI=1S/C17H15ClN6O2/c18-11-5-6-15(24-10-20-9-22-24)14(7-11)23-16(25)8-21-13-4-2-1-3-12(13)17(19)26/h1-7,9-10,21H,8H2,(H2,19,26)(H,23,25). The summed E-state index contributed by atoms with van der Waals surface area (Å²) in [6, 6.07) is 11.7. The molecule has 0 aliphatic carbocycles. The minimum Gasteiger partial charge on any atom is -0.376 e. The highest BCUT2D eigenvalue weighted by atomic mass is 35.5. The molecule has 0 saturated heterocycles. The molecule has 0 fully saturated rings. The Bertz CT molecular complexity index is 942. The molecule has 0 saturated carbocycles. The Morgan fingerprint density at radius 3 is 2.69 bits per heavy atom. The van der Waals surface area contributed by atoms with Gasteiger partial charge in [0.05, 0.1) is 23.5 Å².